The van der Waals surface area contributed by atoms with E-state index in [0.29, 0.717) is 11.4 Å². The second-order valence-electron chi connectivity index (χ2n) is 6.22. The maximum absolute atomic E-state index is 12.3. The lowest BCUT2D eigenvalue weighted by Gasteiger charge is -2.13. The highest BCUT2D eigenvalue weighted by molar-refractivity contribution is 5.88. The number of rotatable bonds is 5. The van der Waals surface area contributed by atoms with Crippen LogP contribution in [0.3, 0.4) is 0 Å². The van der Waals surface area contributed by atoms with Crippen LogP contribution in [-0.2, 0) is 0 Å². The molecule has 0 spiro atoms. The van der Waals surface area contributed by atoms with E-state index in [4.69, 9.17) is 10.5 Å². The van der Waals surface area contributed by atoms with Crippen LogP contribution in [0.5, 0.6) is 17.4 Å². The smallest absolute Gasteiger partial charge is 0.436 e. The minimum absolute atomic E-state index is 0.154. The summed E-state index contributed by atoms with van der Waals surface area (Å²) in [5.74, 6) is 0.660. The molecule has 0 aliphatic rings. The van der Waals surface area contributed by atoms with Crippen LogP contribution in [0.4, 0.5) is 30.4 Å². The fourth-order valence-electron chi connectivity index (χ4n) is 2.83. The van der Waals surface area contributed by atoms with Gasteiger partial charge in [-0.15, -0.1) is 13.2 Å². The molecule has 3 N–H and O–H groups in total. The Hall–Kier alpha value is -4.01. The van der Waals surface area contributed by atoms with Crippen molar-refractivity contribution in [1.29, 1.82) is 0 Å². The highest BCUT2D eigenvalue weighted by Gasteiger charge is 2.30. The first-order valence-electron chi connectivity index (χ1n) is 8.78. The molecule has 0 unspecified atom stereocenters. The molecule has 1 aromatic heterocycles. The normalized spacial score (nSPS) is 11.3. The first-order chi connectivity index (χ1) is 14.4. The molecule has 0 saturated heterocycles. The zero-order valence-corrected chi connectivity index (χ0v) is 15.4. The minimum Gasteiger partial charge on any atom is -0.436 e. The molecule has 152 valence electrons. The number of fused-ring (bicyclic) bond motifs is 1. The largest absolute Gasteiger partial charge is 0.573 e. The third-order valence-corrected chi connectivity index (χ3v) is 4.15. The van der Waals surface area contributed by atoms with E-state index in [9.17, 15) is 13.2 Å². The molecular formula is C21H15F3N4O2. The van der Waals surface area contributed by atoms with Gasteiger partial charge >= 0.3 is 6.36 Å². The van der Waals surface area contributed by atoms with Crippen LogP contribution in [0.25, 0.3) is 10.8 Å². The van der Waals surface area contributed by atoms with Crippen molar-refractivity contribution >= 4 is 28.0 Å². The van der Waals surface area contributed by atoms with E-state index >= 15 is 0 Å². The first-order valence-corrected chi connectivity index (χ1v) is 8.78. The summed E-state index contributed by atoms with van der Waals surface area (Å²) in [6.45, 7) is 0. The van der Waals surface area contributed by atoms with Gasteiger partial charge in [0.15, 0.2) is 5.82 Å². The molecule has 0 radical (unpaired) electrons. The third kappa shape index (κ3) is 4.35. The Morgan fingerprint density at radius 1 is 0.867 bits per heavy atom. The summed E-state index contributed by atoms with van der Waals surface area (Å²) in [4.78, 5) is 8.18. The number of hydrogen-bond acceptors (Lipinski definition) is 6. The number of hydrogen-bond donors (Lipinski definition) is 2. The van der Waals surface area contributed by atoms with Crippen LogP contribution in [0.1, 0.15) is 0 Å². The zero-order chi connectivity index (χ0) is 21.1. The van der Waals surface area contributed by atoms with Crippen LogP contribution in [-0.4, -0.2) is 16.3 Å². The average molecular weight is 412 g/mol. The molecule has 1 heterocycles. The van der Waals surface area contributed by atoms with Crippen LogP contribution in [0, 0.1) is 0 Å². The fraction of sp³-hybridized carbons (Fsp3) is 0.0476. The summed E-state index contributed by atoms with van der Waals surface area (Å²) < 4.78 is 46.6. The van der Waals surface area contributed by atoms with Crippen molar-refractivity contribution in [3.05, 3.63) is 73.1 Å². The summed E-state index contributed by atoms with van der Waals surface area (Å²) in [7, 11) is 0. The molecule has 6 nitrogen and oxygen atoms in total. The second-order valence-corrected chi connectivity index (χ2v) is 6.22. The van der Waals surface area contributed by atoms with E-state index in [1.54, 1.807) is 6.07 Å². The monoisotopic (exact) mass is 412 g/mol. The minimum atomic E-state index is -4.75. The Morgan fingerprint density at radius 3 is 2.37 bits per heavy atom. The quantitative estimate of drug-likeness (QED) is 0.441. The Kier molecular flexibility index (Phi) is 5.01. The van der Waals surface area contributed by atoms with E-state index in [1.165, 1.54) is 30.6 Å². The number of nitrogens with zero attached hydrogens (tertiary/aromatic N) is 2. The van der Waals surface area contributed by atoms with Crippen molar-refractivity contribution in [2.24, 2.45) is 0 Å². The summed E-state index contributed by atoms with van der Waals surface area (Å²) >= 11 is 0. The Morgan fingerprint density at radius 2 is 1.60 bits per heavy atom. The topological polar surface area (TPSA) is 82.3 Å². The lowest BCUT2D eigenvalue weighted by Crippen LogP contribution is -2.17. The summed E-state index contributed by atoms with van der Waals surface area (Å²) in [6.07, 6.45) is -3.47. The van der Waals surface area contributed by atoms with Gasteiger partial charge in [-0.3, -0.25) is 0 Å². The van der Waals surface area contributed by atoms with Crippen LogP contribution in [0.2, 0.25) is 0 Å². The molecule has 0 fully saturated rings. The first kappa shape index (κ1) is 19.3. The third-order valence-electron chi connectivity index (χ3n) is 4.15. The van der Waals surface area contributed by atoms with Crippen LogP contribution in [0.15, 0.2) is 73.1 Å². The number of benzene rings is 3. The van der Waals surface area contributed by atoms with Crippen molar-refractivity contribution in [3.8, 4) is 17.4 Å². The summed E-state index contributed by atoms with van der Waals surface area (Å²) in [5, 5.41) is 4.83. The predicted molar refractivity (Wildman–Crippen MR) is 107 cm³/mol. The number of anilines is 3. The maximum atomic E-state index is 12.3. The highest BCUT2D eigenvalue weighted by Crippen LogP contribution is 2.34. The number of nitrogen functional groups attached to an aromatic ring is 1. The van der Waals surface area contributed by atoms with E-state index in [-0.39, 0.29) is 23.1 Å². The van der Waals surface area contributed by atoms with Gasteiger partial charge in [0.05, 0.1) is 0 Å². The molecule has 0 amide bonds. The van der Waals surface area contributed by atoms with Crippen molar-refractivity contribution in [3.63, 3.8) is 0 Å². The summed E-state index contributed by atoms with van der Waals surface area (Å²) in [5.41, 5.74) is 6.77. The SMILES string of the molecule is Nc1c(Nc2ccc(OC(F)(F)F)cc2)ncnc1Oc1cccc2ccccc12. The number of alkyl halides is 3. The number of ether oxygens (including phenoxy) is 2. The fourth-order valence-corrected chi connectivity index (χ4v) is 2.83. The lowest BCUT2D eigenvalue weighted by molar-refractivity contribution is -0.274. The van der Waals surface area contributed by atoms with Crippen molar-refractivity contribution in [2.45, 2.75) is 6.36 Å². The Labute approximate surface area is 169 Å². The maximum Gasteiger partial charge on any atom is 0.573 e. The standard InChI is InChI=1S/C21H15F3N4O2/c22-21(23,24)30-15-10-8-14(9-11-15)28-19-18(25)20(27-12-26-19)29-17-7-3-5-13-4-1-2-6-16(13)17/h1-12H,25H2,(H,26,27,28). The molecule has 0 saturated carbocycles. The molecular weight excluding hydrogens is 397 g/mol. The van der Waals surface area contributed by atoms with Crippen LogP contribution >= 0.6 is 0 Å². The molecule has 9 heteroatoms. The van der Waals surface area contributed by atoms with Gasteiger partial charge in [-0.25, -0.2) is 4.98 Å². The number of nitrogens with two attached hydrogens (primary N) is 1. The molecule has 30 heavy (non-hydrogen) atoms. The van der Waals surface area contributed by atoms with E-state index in [2.05, 4.69) is 20.0 Å². The molecule has 0 bridgehead atoms. The van der Waals surface area contributed by atoms with Gasteiger partial charge in [-0.2, -0.15) is 4.98 Å². The molecule has 4 aromatic rings. The van der Waals surface area contributed by atoms with Gasteiger partial charge in [0.25, 0.3) is 0 Å². The van der Waals surface area contributed by atoms with E-state index in [0.717, 1.165) is 10.8 Å². The number of nitrogens with one attached hydrogen (secondary N) is 1. The van der Waals surface area contributed by atoms with Gasteiger partial charge in [-0.05, 0) is 35.7 Å². The van der Waals surface area contributed by atoms with Crippen molar-refractivity contribution in [1.82, 2.24) is 9.97 Å². The van der Waals surface area contributed by atoms with Crippen LogP contribution < -0.4 is 20.5 Å². The van der Waals surface area contributed by atoms with Gasteiger partial charge < -0.3 is 20.5 Å². The second kappa shape index (κ2) is 7.78. The Bertz CT molecular complexity index is 1180. The number of halogens is 3. The van der Waals surface area contributed by atoms with E-state index < -0.39 is 6.36 Å². The predicted octanol–water partition coefficient (Wildman–Crippen LogP) is 5.65. The van der Waals surface area contributed by atoms with Gasteiger partial charge in [0.2, 0.25) is 5.88 Å². The molecule has 3 aromatic carbocycles. The van der Waals surface area contributed by atoms with Crippen molar-refractivity contribution in [2.75, 3.05) is 11.1 Å². The van der Waals surface area contributed by atoms with Gasteiger partial charge in [-0.1, -0.05) is 36.4 Å². The Balaban J connectivity index is 1.56. The van der Waals surface area contributed by atoms with Gasteiger partial charge in [0, 0.05) is 11.1 Å². The summed E-state index contributed by atoms with van der Waals surface area (Å²) in [6, 6.07) is 18.5. The molecule has 0 aliphatic heterocycles. The molecule has 0 atom stereocenters. The highest BCUT2D eigenvalue weighted by atomic mass is 19.4. The number of aromatic nitrogens is 2. The lowest BCUT2D eigenvalue weighted by atomic mass is 10.1. The van der Waals surface area contributed by atoms with Crippen molar-refractivity contribution < 1.29 is 22.6 Å². The van der Waals surface area contributed by atoms with E-state index in [1.807, 2.05) is 36.4 Å². The average Bonchev–Trinajstić information content (AvgIpc) is 2.71. The van der Waals surface area contributed by atoms with Gasteiger partial charge in [0.1, 0.15) is 23.5 Å². The molecule has 0 aliphatic carbocycles. The molecule has 4 rings (SSSR count). The zero-order valence-electron chi connectivity index (χ0n) is 15.4.